The number of carbonyl (C=O) groups is 2. The van der Waals surface area contributed by atoms with Crippen LogP contribution in [-0.2, 0) is 15.8 Å². The Morgan fingerprint density at radius 3 is 2.33 bits per heavy atom. The maximum Gasteiger partial charge on any atom is 0.410 e. The van der Waals surface area contributed by atoms with Crippen LogP contribution >= 0.6 is 11.3 Å². The summed E-state index contributed by atoms with van der Waals surface area (Å²) < 4.78 is 12.7. The molecular formula is C35H39N5O6SSi. The van der Waals surface area contributed by atoms with E-state index in [4.69, 9.17) is 14.1 Å². The maximum atomic E-state index is 13.3. The van der Waals surface area contributed by atoms with Crippen molar-refractivity contribution in [2.45, 2.75) is 57.4 Å². The molecule has 3 aromatic carbocycles. The molecule has 250 valence electrons. The van der Waals surface area contributed by atoms with Crippen molar-refractivity contribution in [3.05, 3.63) is 112 Å². The van der Waals surface area contributed by atoms with Gasteiger partial charge < -0.3 is 24.3 Å². The molecule has 2 saturated heterocycles. The summed E-state index contributed by atoms with van der Waals surface area (Å²) in [5.41, 5.74) is 0.503. The molecule has 48 heavy (non-hydrogen) atoms. The van der Waals surface area contributed by atoms with Crippen molar-refractivity contribution < 1.29 is 23.7 Å². The van der Waals surface area contributed by atoms with Gasteiger partial charge in [0, 0.05) is 49.6 Å². The lowest BCUT2D eigenvalue weighted by molar-refractivity contribution is -0.384. The lowest BCUT2D eigenvalue weighted by Crippen LogP contribution is -2.66. The number of nitro groups is 1. The van der Waals surface area contributed by atoms with E-state index < -0.39 is 25.8 Å². The Kier molecular flexibility index (Phi) is 10.5. The number of benzene rings is 3. The topological polar surface area (TPSA) is 127 Å². The van der Waals surface area contributed by atoms with Crippen molar-refractivity contribution in [2.75, 3.05) is 24.5 Å². The second kappa shape index (κ2) is 15.1. The second-order valence-corrected chi connectivity index (χ2v) is 15.3. The second-order valence-electron chi connectivity index (χ2n) is 12.2. The molecule has 2 aliphatic rings. The standard InChI is InChI=1S/C35H39N5O6SSi/c1-2-3-19-35(46-48(29-10-6-4-7-11-29)30-12-8-5-9-13-30)20-22-39(35)33-37-31(25-47-33)32(41)36-27-18-21-38(23-27)34(42)45-24-26-14-16-28(17-15-26)40(43)44/h4-17,25,27,48H,2-3,18-24H2,1H3,(H,36,41)/t27-,35?/m0/s1. The van der Waals surface area contributed by atoms with E-state index in [-0.39, 0.29) is 24.2 Å². The minimum atomic E-state index is -2.04. The summed E-state index contributed by atoms with van der Waals surface area (Å²) in [6.07, 6.45) is 3.96. The van der Waals surface area contributed by atoms with Gasteiger partial charge in [-0.1, -0.05) is 74.0 Å². The van der Waals surface area contributed by atoms with Crippen molar-refractivity contribution >= 4 is 53.6 Å². The summed E-state index contributed by atoms with van der Waals surface area (Å²) in [5.74, 6) is -0.273. The number of hydrogen-bond acceptors (Lipinski definition) is 9. The predicted octanol–water partition coefficient (Wildman–Crippen LogP) is 4.84. The van der Waals surface area contributed by atoms with Crippen LogP contribution in [0, 0.1) is 10.1 Å². The third-order valence-electron chi connectivity index (χ3n) is 8.93. The molecule has 6 rings (SSSR count). The van der Waals surface area contributed by atoms with Gasteiger partial charge in [0.2, 0.25) is 9.04 Å². The number of hydrogen-bond donors (Lipinski definition) is 1. The van der Waals surface area contributed by atoms with Gasteiger partial charge in [-0.25, -0.2) is 9.78 Å². The third kappa shape index (κ3) is 7.59. The van der Waals surface area contributed by atoms with E-state index in [0.717, 1.165) is 37.4 Å². The summed E-state index contributed by atoms with van der Waals surface area (Å²) in [6, 6.07) is 26.6. The molecule has 0 saturated carbocycles. The summed E-state index contributed by atoms with van der Waals surface area (Å²) in [5, 5.41) is 18.9. The zero-order valence-electron chi connectivity index (χ0n) is 26.8. The van der Waals surface area contributed by atoms with Crippen LogP contribution in [-0.4, -0.2) is 67.2 Å². The normalized spacial score (nSPS) is 18.8. The summed E-state index contributed by atoms with van der Waals surface area (Å²) >= 11 is 1.45. The summed E-state index contributed by atoms with van der Waals surface area (Å²) in [4.78, 5) is 44.9. The largest absolute Gasteiger partial charge is 0.445 e. The number of non-ortho nitro benzene ring substituents is 1. The van der Waals surface area contributed by atoms with Gasteiger partial charge in [-0.15, -0.1) is 11.3 Å². The van der Waals surface area contributed by atoms with E-state index in [1.54, 1.807) is 22.4 Å². The highest BCUT2D eigenvalue weighted by molar-refractivity contribution is 7.14. The number of anilines is 1. The molecule has 1 unspecified atom stereocenters. The van der Waals surface area contributed by atoms with Crippen LogP contribution in [0.3, 0.4) is 0 Å². The molecule has 4 aromatic rings. The average molecular weight is 686 g/mol. The zero-order chi connectivity index (χ0) is 33.5. The summed E-state index contributed by atoms with van der Waals surface area (Å²) in [7, 11) is -2.04. The summed E-state index contributed by atoms with van der Waals surface area (Å²) in [6.45, 7) is 3.78. The van der Waals surface area contributed by atoms with Gasteiger partial charge >= 0.3 is 6.09 Å². The number of thiazole rings is 1. The number of nitro benzene ring substituents is 1. The van der Waals surface area contributed by atoms with Gasteiger partial charge in [0.25, 0.3) is 11.6 Å². The minimum absolute atomic E-state index is 0.00580. The highest BCUT2D eigenvalue weighted by atomic mass is 32.1. The molecule has 2 aliphatic heterocycles. The Morgan fingerprint density at radius 2 is 1.73 bits per heavy atom. The third-order valence-corrected chi connectivity index (χ3v) is 12.4. The molecule has 1 aromatic heterocycles. The molecule has 0 radical (unpaired) electrons. The van der Waals surface area contributed by atoms with Gasteiger partial charge in [0.05, 0.1) is 4.92 Å². The molecule has 2 fully saturated rings. The van der Waals surface area contributed by atoms with Gasteiger partial charge in [-0.05, 0) is 47.3 Å². The number of unbranched alkanes of at least 4 members (excludes halogenated alkanes) is 1. The maximum absolute atomic E-state index is 13.3. The molecule has 2 amide bonds. The molecule has 11 nitrogen and oxygen atoms in total. The minimum Gasteiger partial charge on any atom is -0.445 e. The van der Waals surface area contributed by atoms with Crippen LogP contribution < -0.4 is 20.6 Å². The quantitative estimate of drug-likeness (QED) is 0.120. The molecule has 3 heterocycles. The van der Waals surface area contributed by atoms with Crippen LogP contribution in [0.1, 0.15) is 55.1 Å². The number of likely N-dealkylation sites (tertiary alicyclic amines) is 1. The highest BCUT2D eigenvalue weighted by Crippen LogP contribution is 2.42. The van der Waals surface area contributed by atoms with E-state index in [2.05, 4.69) is 65.7 Å². The van der Waals surface area contributed by atoms with Gasteiger partial charge in [-0.2, -0.15) is 0 Å². The SMILES string of the molecule is CCCCC1(O[SiH](c2ccccc2)c2ccccc2)CCN1c1nc(C(=O)N[C@H]2CCN(C(=O)OCc3ccc([N+](=O)[O-])cc3)C2)cs1. The number of nitrogens with one attached hydrogen (secondary N) is 1. The Labute approximate surface area is 285 Å². The van der Waals surface area contributed by atoms with E-state index >= 15 is 0 Å². The molecule has 0 spiro atoms. The molecular weight excluding hydrogens is 647 g/mol. The van der Waals surface area contributed by atoms with Gasteiger partial charge in [-0.3, -0.25) is 14.9 Å². The van der Waals surface area contributed by atoms with E-state index in [1.165, 1.54) is 33.8 Å². The lowest BCUT2D eigenvalue weighted by atomic mass is 9.93. The van der Waals surface area contributed by atoms with Crippen LogP contribution in [0.4, 0.5) is 15.6 Å². The van der Waals surface area contributed by atoms with Crippen molar-refractivity contribution in [1.29, 1.82) is 0 Å². The molecule has 0 aliphatic carbocycles. The lowest BCUT2D eigenvalue weighted by Gasteiger charge is -2.54. The van der Waals surface area contributed by atoms with Gasteiger partial charge in [0.15, 0.2) is 5.13 Å². The first kappa shape index (κ1) is 33.3. The van der Waals surface area contributed by atoms with Crippen molar-refractivity contribution in [3.8, 4) is 0 Å². The van der Waals surface area contributed by atoms with Crippen LogP contribution in [0.15, 0.2) is 90.3 Å². The fourth-order valence-electron chi connectivity index (χ4n) is 6.19. The molecule has 2 atom stereocenters. The van der Waals surface area contributed by atoms with Crippen molar-refractivity contribution in [2.24, 2.45) is 0 Å². The van der Waals surface area contributed by atoms with Crippen LogP contribution in [0.25, 0.3) is 0 Å². The van der Waals surface area contributed by atoms with E-state index in [0.29, 0.717) is 30.8 Å². The Balaban J connectivity index is 1.08. The van der Waals surface area contributed by atoms with E-state index in [9.17, 15) is 19.7 Å². The highest BCUT2D eigenvalue weighted by Gasteiger charge is 2.48. The predicted molar refractivity (Wildman–Crippen MR) is 187 cm³/mol. The van der Waals surface area contributed by atoms with Crippen molar-refractivity contribution in [1.82, 2.24) is 15.2 Å². The molecule has 0 bridgehead atoms. The number of rotatable bonds is 13. The Hall–Kier alpha value is -4.59. The van der Waals surface area contributed by atoms with E-state index in [1.807, 2.05) is 12.1 Å². The van der Waals surface area contributed by atoms with Gasteiger partial charge in [0.1, 0.15) is 18.0 Å². The Bertz CT molecular complexity index is 1670. The fraction of sp³-hybridized carbons (Fsp3) is 0.343. The smallest absolute Gasteiger partial charge is 0.410 e. The van der Waals surface area contributed by atoms with Crippen molar-refractivity contribution in [3.63, 3.8) is 0 Å². The first-order valence-corrected chi connectivity index (χ1v) is 18.8. The zero-order valence-corrected chi connectivity index (χ0v) is 28.8. The number of aromatic nitrogens is 1. The number of carbonyl (C=O) groups excluding carboxylic acids is 2. The van der Waals surface area contributed by atoms with Crippen LogP contribution in [0.5, 0.6) is 0 Å². The van der Waals surface area contributed by atoms with Crippen LogP contribution in [0.2, 0.25) is 0 Å². The first-order chi connectivity index (χ1) is 23.3. The number of nitrogens with zero attached hydrogens (tertiary/aromatic N) is 4. The monoisotopic (exact) mass is 685 g/mol. The first-order valence-electron chi connectivity index (χ1n) is 16.3. The Morgan fingerprint density at radius 1 is 1.04 bits per heavy atom. The average Bonchev–Trinajstić information content (AvgIpc) is 3.78. The fourth-order valence-corrected chi connectivity index (χ4v) is 9.70. The molecule has 1 N–H and O–H groups in total. The number of ether oxygens (including phenoxy) is 1. The number of amides is 2. The molecule has 13 heteroatoms.